The Kier molecular flexibility index (Phi) is 5.87. The molecule has 0 aliphatic carbocycles. The van der Waals surface area contributed by atoms with Gasteiger partial charge in [-0.25, -0.2) is 4.98 Å². The maximum atomic E-state index is 13.5. The number of para-hydroxylation sites is 2. The number of aliphatic hydroxyl groups excluding tert-OH is 1. The average molecular weight is 465 g/mol. The molecule has 0 atom stereocenters. The molecule has 33 heavy (non-hydrogen) atoms. The molecule has 0 unspecified atom stereocenters. The van der Waals surface area contributed by atoms with Crippen molar-refractivity contribution in [1.82, 2.24) is 9.55 Å². The molecular formula is C23H20F5N3O2. The monoisotopic (exact) mass is 465 g/mol. The van der Waals surface area contributed by atoms with Crippen LogP contribution in [0.3, 0.4) is 0 Å². The van der Waals surface area contributed by atoms with Gasteiger partial charge in [0.15, 0.2) is 6.61 Å². The van der Waals surface area contributed by atoms with Crippen LogP contribution in [0.25, 0.3) is 27.5 Å². The molecule has 5 nitrogen and oxygen atoms in total. The topological polar surface area (TPSA) is 59.3 Å². The molecule has 0 radical (unpaired) electrons. The summed E-state index contributed by atoms with van der Waals surface area (Å²) in [5, 5.41) is 13.4. The van der Waals surface area contributed by atoms with E-state index >= 15 is 0 Å². The highest BCUT2D eigenvalue weighted by Crippen LogP contribution is 2.39. The van der Waals surface area contributed by atoms with Crippen molar-refractivity contribution in [1.29, 1.82) is 0 Å². The lowest BCUT2D eigenvalue weighted by Crippen LogP contribution is -2.41. The van der Waals surface area contributed by atoms with E-state index in [1.165, 1.54) is 12.1 Å². The van der Waals surface area contributed by atoms with Crippen molar-refractivity contribution >= 4 is 27.6 Å². The number of rotatable bonds is 7. The summed E-state index contributed by atoms with van der Waals surface area (Å²) in [5.41, 5.74) is 2.63. The highest BCUT2D eigenvalue weighted by molar-refractivity contribution is 6.10. The summed E-state index contributed by atoms with van der Waals surface area (Å²) in [6.07, 6.45) is -3.91. The lowest BCUT2D eigenvalue weighted by atomic mass is 10.1. The van der Waals surface area contributed by atoms with Gasteiger partial charge in [0.1, 0.15) is 17.1 Å². The van der Waals surface area contributed by atoms with Crippen molar-refractivity contribution < 1.29 is 31.8 Å². The molecule has 174 valence electrons. The van der Waals surface area contributed by atoms with E-state index in [-0.39, 0.29) is 24.4 Å². The van der Waals surface area contributed by atoms with Gasteiger partial charge < -0.3 is 19.7 Å². The summed E-state index contributed by atoms with van der Waals surface area (Å²) in [5.74, 6) is -4.88. The van der Waals surface area contributed by atoms with E-state index < -0.39 is 18.7 Å². The Morgan fingerprint density at radius 1 is 1.00 bits per heavy atom. The van der Waals surface area contributed by atoms with Gasteiger partial charge in [0, 0.05) is 29.2 Å². The Hall–Kier alpha value is -3.40. The zero-order valence-electron chi connectivity index (χ0n) is 17.5. The van der Waals surface area contributed by atoms with Crippen LogP contribution < -0.4 is 10.1 Å². The van der Waals surface area contributed by atoms with Gasteiger partial charge in [-0.05, 0) is 30.7 Å². The lowest BCUT2D eigenvalue weighted by Gasteiger charge is -2.20. The van der Waals surface area contributed by atoms with Gasteiger partial charge in [-0.15, -0.1) is 0 Å². The minimum atomic E-state index is -5.73. The first-order valence-electron chi connectivity index (χ1n) is 10.1. The summed E-state index contributed by atoms with van der Waals surface area (Å²) in [4.78, 5) is 4.45. The number of hydrogen-bond donors (Lipinski definition) is 2. The van der Waals surface area contributed by atoms with Crippen LogP contribution in [0.2, 0.25) is 0 Å². The highest BCUT2D eigenvalue weighted by atomic mass is 19.4. The predicted molar refractivity (Wildman–Crippen MR) is 115 cm³/mol. The number of nitrogens with one attached hydrogen (secondary N) is 1. The molecule has 0 saturated heterocycles. The Morgan fingerprint density at radius 3 is 2.45 bits per heavy atom. The van der Waals surface area contributed by atoms with Crippen molar-refractivity contribution in [3.8, 4) is 11.4 Å². The number of benzene rings is 2. The zero-order chi connectivity index (χ0) is 23.8. The van der Waals surface area contributed by atoms with Crippen LogP contribution in [-0.2, 0) is 0 Å². The Labute approximate surface area is 185 Å². The minimum absolute atomic E-state index is 0.122. The fourth-order valence-electron chi connectivity index (χ4n) is 3.61. The van der Waals surface area contributed by atoms with Crippen molar-refractivity contribution in [2.24, 2.45) is 0 Å². The smallest absolute Gasteiger partial charge is 0.456 e. The van der Waals surface area contributed by atoms with Gasteiger partial charge in [-0.2, -0.15) is 22.0 Å². The fraction of sp³-hybridized carbons (Fsp3) is 0.261. The minimum Gasteiger partial charge on any atom is -0.485 e. The first kappa shape index (κ1) is 22.8. The number of hydrogen-bond acceptors (Lipinski definition) is 4. The third-order valence-electron chi connectivity index (χ3n) is 5.22. The first-order valence-corrected chi connectivity index (χ1v) is 10.1. The molecule has 0 spiro atoms. The molecule has 0 saturated carbocycles. The van der Waals surface area contributed by atoms with E-state index in [2.05, 4.69) is 10.3 Å². The summed E-state index contributed by atoms with van der Waals surface area (Å²) in [6, 6.07) is 13.9. The van der Waals surface area contributed by atoms with Gasteiger partial charge in [0.25, 0.3) is 0 Å². The Bertz CT molecular complexity index is 1300. The predicted octanol–water partition coefficient (Wildman–Crippen LogP) is 5.47. The van der Waals surface area contributed by atoms with E-state index in [9.17, 15) is 27.1 Å². The van der Waals surface area contributed by atoms with E-state index in [0.717, 1.165) is 11.3 Å². The second-order valence-corrected chi connectivity index (χ2v) is 7.49. The van der Waals surface area contributed by atoms with Crippen LogP contribution in [0, 0.1) is 6.92 Å². The molecule has 2 heterocycles. The SMILES string of the molecule is Cc1ccccc1-n1ccc2c(NCCO)nc3c(OCC(F)(F)C(F)(F)F)cccc3c21. The van der Waals surface area contributed by atoms with Crippen molar-refractivity contribution in [3.05, 3.63) is 60.3 Å². The number of anilines is 1. The number of ether oxygens (including phenoxy) is 1. The summed E-state index contributed by atoms with van der Waals surface area (Å²) in [6.45, 7) is 0.0464. The van der Waals surface area contributed by atoms with Gasteiger partial charge in [-0.3, -0.25) is 0 Å². The Morgan fingerprint density at radius 2 is 1.76 bits per heavy atom. The first-order chi connectivity index (χ1) is 15.6. The molecule has 2 aromatic carbocycles. The third kappa shape index (κ3) is 4.18. The molecule has 0 amide bonds. The van der Waals surface area contributed by atoms with Crippen LogP contribution in [-0.4, -0.2) is 46.5 Å². The van der Waals surface area contributed by atoms with Crippen LogP contribution >= 0.6 is 0 Å². The van der Waals surface area contributed by atoms with Gasteiger partial charge in [0.05, 0.1) is 12.1 Å². The number of aromatic nitrogens is 2. The van der Waals surface area contributed by atoms with Crippen LogP contribution in [0.15, 0.2) is 54.7 Å². The normalized spacial score (nSPS) is 12.5. The number of aliphatic hydroxyl groups is 1. The quantitative estimate of drug-likeness (QED) is 0.356. The molecule has 0 bridgehead atoms. The molecule has 10 heteroatoms. The van der Waals surface area contributed by atoms with Crippen LogP contribution in [0.1, 0.15) is 5.56 Å². The maximum Gasteiger partial charge on any atom is 0.456 e. The van der Waals surface area contributed by atoms with Gasteiger partial charge >= 0.3 is 12.1 Å². The van der Waals surface area contributed by atoms with Crippen LogP contribution in [0.5, 0.6) is 5.75 Å². The molecule has 0 aliphatic heterocycles. The largest absolute Gasteiger partial charge is 0.485 e. The molecule has 2 aromatic heterocycles. The van der Waals surface area contributed by atoms with Crippen LogP contribution in [0.4, 0.5) is 27.8 Å². The molecule has 2 N–H and O–H groups in total. The van der Waals surface area contributed by atoms with E-state index in [0.29, 0.717) is 22.1 Å². The number of fused-ring (bicyclic) bond motifs is 3. The standard InChI is InChI=1S/C23H20F5N3O2/c1-14-5-2-3-7-17(14)31-11-9-16-20(31)15-6-4-8-18(19(15)30-21(16)29-10-12-32)33-13-22(24,25)23(26,27)28/h2-9,11,32H,10,12-13H2,1H3,(H,29,30). The number of nitrogens with zero attached hydrogens (tertiary/aromatic N) is 2. The zero-order valence-corrected chi connectivity index (χ0v) is 17.5. The number of aryl methyl sites for hydroxylation is 1. The summed E-state index contributed by atoms with van der Waals surface area (Å²) in [7, 11) is 0. The second kappa shape index (κ2) is 8.51. The fourth-order valence-corrected chi connectivity index (χ4v) is 3.61. The number of alkyl halides is 5. The Balaban J connectivity index is 1.92. The number of halogens is 5. The third-order valence-corrected chi connectivity index (χ3v) is 5.22. The van der Waals surface area contributed by atoms with E-state index in [1.54, 1.807) is 6.07 Å². The molecular weight excluding hydrogens is 445 g/mol. The number of pyridine rings is 1. The maximum absolute atomic E-state index is 13.5. The molecule has 4 aromatic rings. The van der Waals surface area contributed by atoms with Crippen molar-refractivity contribution in [2.75, 3.05) is 25.1 Å². The average Bonchev–Trinajstić information content (AvgIpc) is 3.21. The second-order valence-electron chi connectivity index (χ2n) is 7.49. The highest BCUT2D eigenvalue weighted by Gasteiger charge is 2.58. The molecule has 0 aliphatic rings. The van der Waals surface area contributed by atoms with E-state index in [4.69, 9.17) is 4.74 Å². The van der Waals surface area contributed by atoms with Gasteiger partial charge in [0.2, 0.25) is 0 Å². The summed E-state index contributed by atoms with van der Waals surface area (Å²) < 4.78 is 71.7. The molecule has 4 rings (SSSR count). The molecule has 0 fully saturated rings. The van der Waals surface area contributed by atoms with Crippen molar-refractivity contribution in [2.45, 2.75) is 19.0 Å². The van der Waals surface area contributed by atoms with Gasteiger partial charge in [-0.1, -0.05) is 30.3 Å². The van der Waals surface area contributed by atoms with Crippen molar-refractivity contribution in [3.63, 3.8) is 0 Å². The van der Waals surface area contributed by atoms with E-state index in [1.807, 2.05) is 48.0 Å². The summed E-state index contributed by atoms with van der Waals surface area (Å²) >= 11 is 0. The lowest BCUT2D eigenvalue weighted by molar-refractivity contribution is -0.289.